The van der Waals surface area contributed by atoms with E-state index in [4.69, 9.17) is 4.74 Å². The molecule has 0 aliphatic carbocycles. The number of hydrogen-bond donors (Lipinski definition) is 0. The van der Waals surface area contributed by atoms with Crippen molar-refractivity contribution in [3.63, 3.8) is 0 Å². The van der Waals surface area contributed by atoms with Crippen molar-refractivity contribution in [2.24, 2.45) is 0 Å². The van der Waals surface area contributed by atoms with Gasteiger partial charge in [-0.3, -0.25) is 0 Å². The van der Waals surface area contributed by atoms with Crippen LogP contribution in [0, 0.1) is 13.8 Å². The molecule has 0 spiro atoms. The molecule has 0 heterocycles. The fourth-order valence-electron chi connectivity index (χ4n) is 2.01. The number of ether oxygens (including phenoxy) is 1. The molecule has 2 rings (SSSR count). The maximum Gasteiger partial charge on any atom is 0.335 e. The number of rotatable bonds is 4. The van der Waals surface area contributed by atoms with Gasteiger partial charge >= 0.3 is 5.97 Å². The van der Waals surface area contributed by atoms with Crippen molar-refractivity contribution in [3.05, 3.63) is 77.4 Å². The highest BCUT2D eigenvalue weighted by Gasteiger charge is 2.02. The van der Waals surface area contributed by atoms with E-state index in [2.05, 4.69) is 37.8 Å². The molecule has 2 nitrogen and oxygen atoms in total. The summed E-state index contributed by atoms with van der Waals surface area (Å²) in [6.45, 7) is 7.46. The Morgan fingerprint density at radius 2 is 1.67 bits per heavy atom. The van der Waals surface area contributed by atoms with Crippen LogP contribution in [0.5, 0.6) is 5.75 Å². The Balaban J connectivity index is 2.20. The van der Waals surface area contributed by atoms with E-state index < -0.39 is 5.97 Å². The number of carbonyl (C=O) groups is 1. The number of aryl methyl sites for hydroxylation is 2. The lowest BCUT2D eigenvalue weighted by Crippen LogP contribution is -2.03. The van der Waals surface area contributed by atoms with Gasteiger partial charge in [-0.2, -0.15) is 0 Å². The van der Waals surface area contributed by atoms with Gasteiger partial charge in [0.05, 0.1) is 0 Å². The molecule has 2 heteroatoms. The largest absolute Gasteiger partial charge is 0.423 e. The fourth-order valence-corrected chi connectivity index (χ4v) is 2.01. The van der Waals surface area contributed by atoms with E-state index in [-0.39, 0.29) is 0 Å². The van der Waals surface area contributed by atoms with E-state index in [1.807, 2.05) is 31.2 Å². The number of hydrogen-bond acceptors (Lipinski definition) is 2. The second-order valence-electron chi connectivity index (χ2n) is 4.83. The van der Waals surface area contributed by atoms with E-state index in [0.717, 1.165) is 17.2 Å². The van der Waals surface area contributed by atoms with Crippen LogP contribution in [0.4, 0.5) is 0 Å². The molecule has 106 valence electrons. The van der Waals surface area contributed by atoms with Crippen molar-refractivity contribution in [1.82, 2.24) is 0 Å². The molecule has 0 radical (unpaired) electrons. The van der Waals surface area contributed by atoms with Crippen LogP contribution in [-0.4, -0.2) is 5.97 Å². The van der Waals surface area contributed by atoms with Gasteiger partial charge < -0.3 is 4.74 Å². The average molecular weight is 278 g/mol. The summed E-state index contributed by atoms with van der Waals surface area (Å²) in [5.74, 6) is 0.0862. The quantitative estimate of drug-likeness (QED) is 0.354. The van der Waals surface area contributed by atoms with Gasteiger partial charge in [0, 0.05) is 6.08 Å². The van der Waals surface area contributed by atoms with Crippen LogP contribution in [0.1, 0.15) is 22.3 Å². The van der Waals surface area contributed by atoms with E-state index >= 15 is 0 Å². The first-order valence-electron chi connectivity index (χ1n) is 6.79. The van der Waals surface area contributed by atoms with Crippen LogP contribution >= 0.6 is 0 Å². The smallest absolute Gasteiger partial charge is 0.335 e. The zero-order valence-electron chi connectivity index (χ0n) is 12.3. The summed E-state index contributed by atoms with van der Waals surface area (Å²) in [5, 5.41) is 0. The van der Waals surface area contributed by atoms with Crippen molar-refractivity contribution in [3.8, 4) is 5.75 Å². The van der Waals surface area contributed by atoms with Crippen LogP contribution in [0.3, 0.4) is 0 Å². The maximum absolute atomic E-state index is 11.2. The highest BCUT2D eigenvalue weighted by molar-refractivity contribution is 5.83. The number of esters is 1. The van der Waals surface area contributed by atoms with Gasteiger partial charge in [-0.05, 0) is 48.2 Å². The van der Waals surface area contributed by atoms with Crippen molar-refractivity contribution in [2.75, 3.05) is 0 Å². The number of benzene rings is 2. The third-order valence-electron chi connectivity index (χ3n) is 3.26. The minimum absolute atomic E-state index is 0.447. The first-order valence-corrected chi connectivity index (χ1v) is 6.79. The Morgan fingerprint density at radius 3 is 2.29 bits per heavy atom. The maximum atomic E-state index is 11.2. The summed E-state index contributed by atoms with van der Waals surface area (Å²) in [6, 6.07) is 13.8. The second kappa shape index (κ2) is 6.71. The molecular formula is C19H18O2. The van der Waals surface area contributed by atoms with Gasteiger partial charge in [-0.1, -0.05) is 49.1 Å². The molecular weight excluding hydrogens is 260 g/mol. The topological polar surface area (TPSA) is 26.3 Å². The van der Waals surface area contributed by atoms with E-state index in [1.54, 1.807) is 6.07 Å². The van der Waals surface area contributed by atoms with E-state index in [9.17, 15) is 4.79 Å². The summed E-state index contributed by atoms with van der Waals surface area (Å²) in [4.78, 5) is 11.2. The fraction of sp³-hybridized carbons (Fsp3) is 0.105. The van der Waals surface area contributed by atoms with Gasteiger partial charge in [0.15, 0.2) is 0 Å². The molecule has 21 heavy (non-hydrogen) atoms. The molecule has 0 aliphatic rings. The number of carbonyl (C=O) groups excluding carboxylic acids is 1. The van der Waals surface area contributed by atoms with E-state index in [1.165, 1.54) is 11.1 Å². The predicted octanol–water partition coefficient (Wildman–Crippen LogP) is 4.57. The van der Waals surface area contributed by atoms with Crippen molar-refractivity contribution >= 4 is 18.1 Å². The predicted molar refractivity (Wildman–Crippen MR) is 87.1 cm³/mol. The van der Waals surface area contributed by atoms with Crippen molar-refractivity contribution in [1.29, 1.82) is 0 Å². The first kappa shape index (κ1) is 14.8. The molecule has 2 aromatic rings. The summed E-state index contributed by atoms with van der Waals surface area (Å²) in [6.07, 6.45) is 5.31. The second-order valence-corrected chi connectivity index (χ2v) is 4.83. The summed E-state index contributed by atoms with van der Waals surface area (Å²) in [5.41, 5.74) is 4.58. The molecule has 0 bridgehead atoms. The summed E-state index contributed by atoms with van der Waals surface area (Å²) in [7, 11) is 0. The molecule has 2 aromatic carbocycles. The molecule has 0 saturated heterocycles. The average Bonchev–Trinajstić information content (AvgIpc) is 2.48. The highest BCUT2D eigenvalue weighted by atomic mass is 16.5. The third-order valence-corrected chi connectivity index (χ3v) is 3.26. The van der Waals surface area contributed by atoms with Crippen LogP contribution in [0.15, 0.2) is 55.1 Å². The lowest BCUT2D eigenvalue weighted by atomic mass is 10.0. The van der Waals surface area contributed by atoms with Gasteiger partial charge in [0.1, 0.15) is 5.75 Å². The molecule has 0 fully saturated rings. The zero-order valence-corrected chi connectivity index (χ0v) is 12.3. The first-order chi connectivity index (χ1) is 10.1. The lowest BCUT2D eigenvalue weighted by molar-refractivity contribution is -0.128. The van der Waals surface area contributed by atoms with Crippen LogP contribution in [-0.2, 0) is 4.79 Å². The van der Waals surface area contributed by atoms with Gasteiger partial charge in [0.25, 0.3) is 0 Å². The SMILES string of the molecule is C=CC(=O)Oc1ccc(/C=C/c2ccccc2C)c(C)c1. The Kier molecular flexibility index (Phi) is 4.72. The Hall–Kier alpha value is -2.61. The normalized spacial score (nSPS) is 10.6. The van der Waals surface area contributed by atoms with Crippen molar-refractivity contribution in [2.45, 2.75) is 13.8 Å². The van der Waals surface area contributed by atoms with Gasteiger partial charge in [0.2, 0.25) is 0 Å². The molecule has 0 amide bonds. The Labute approximate surface area is 125 Å². The standard InChI is InChI=1S/C19H18O2/c1-4-19(20)21-18-12-11-17(15(3)13-18)10-9-16-8-6-5-7-14(16)2/h4-13H,1H2,2-3H3/b10-9+. The van der Waals surface area contributed by atoms with Crippen molar-refractivity contribution < 1.29 is 9.53 Å². The zero-order chi connectivity index (χ0) is 15.2. The van der Waals surface area contributed by atoms with Crippen LogP contribution in [0.25, 0.3) is 12.2 Å². The molecule has 0 N–H and O–H groups in total. The Bertz CT molecular complexity index is 696. The molecule has 0 atom stereocenters. The third kappa shape index (κ3) is 3.93. The lowest BCUT2D eigenvalue weighted by Gasteiger charge is -2.05. The van der Waals surface area contributed by atoms with Gasteiger partial charge in [-0.15, -0.1) is 0 Å². The molecule has 0 unspecified atom stereocenters. The van der Waals surface area contributed by atoms with Crippen LogP contribution < -0.4 is 4.74 Å². The Morgan fingerprint density at radius 1 is 1.00 bits per heavy atom. The van der Waals surface area contributed by atoms with Crippen LogP contribution in [0.2, 0.25) is 0 Å². The van der Waals surface area contributed by atoms with E-state index in [0.29, 0.717) is 5.75 Å². The minimum Gasteiger partial charge on any atom is -0.423 e. The molecule has 0 aromatic heterocycles. The molecule has 0 aliphatic heterocycles. The highest BCUT2D eigenvalue weighted by Crippen LogP contribution is 2.20. The minimum atomic E-state index is -0.447. The molecule has 0 saturated carbocycles. The summed E-state index contributed by atoms with van der Waals surface area (Å²) < 4.78 is 5.10. The summed E-state index contributed by atoms with van der Waals surface area (Å²) >= 11 is 0. The monoisotopic (exact) mass is 278 g/mol. The van der Waals surface area contributed by atoms with Gasteiger partial charge in [-0.25, -0.2) is 4.79 Å².